The molecule has 2 nitrogen and oxygen atoms in total. The Kier molecular flexibility index (Phi) is 2.93. The first-order valence-electron chi connectivity index (χ1n) is 6.94. The minimum Gasteiger partial charge on any atom is -0.497 e. The monoisotopic (exact) mass is 293 g/mol. The Hall–Kier alpha value is -2.26. The van der Waals surface area contributed by atoms with Crippen LogP contribution in [0.25, 0.3) is 21.1 Å². The molecule has 0 aliphatic rings. The van der Waals surface area contributed by atoms with Gasteiger partial charge in [0.05, 0.1) is 22.8 Å². The summed E-state index contributed by atoms with van der Waals surface area (Å²) in [5.41, 5.74) is 3.90. The van der Waals surface area contributed by atoms with Crippen molar-refractivity contribution in [1.29, 1.82) is 0 Å². The van der Waals surface area contributed by atoms with Crippen molar-refractivity contribution in [2.45, 2.75) is 6.54 Å². The van der Waals surface area contributed by atoms with Gasteiger partial charge in [0.2, 0.25) is 0 Å². The Labute approximate surface area is 127 Å². The van der Waals surface area contributed by atoms with E-state index < -0.39 is 0 Å². The largest absolute Gasteiger partial charge is 0.497 e. The number of hydrogen-bond donors (Lipinski definition) is 0. The van der Waals surface area contributed by atoms with Crippen LogP contribution in [0.4, 0.5) is 0 Å². The van der Waals surface area contributed by atoms with Crippen LogP contribution in [-0.4, -0.2) is 11.7 Å². The van der Waals surface area contributed by atoms with Gasteiger partial charge in [-0.05, 0) is 35.2 Å². The second kappa shape index (κ2) is 4.93. The molecule has 0 saturated heterocycles. The number of methoxy groups -OCH3 is 1. The van der Waals surface area contributed by atoms with Crippen LogP contribution in [0.3, 0.4) is 0 Å². The molecule has 0 atom stereocenters. The van der Waals surface area contributed by atoms with Crippen molar-refractivity contribution in [1.82, 2.24) is 4.57 Å². The maximum Gasteiger partial charge on any atom is 0.118 e. The van der Waals surface area contributed by atoms with Crippen molar-refractivity contribution in [3.05, 3.63) is 65.5 Å². The summed E-state index contributed by atoms with van der Waals surface area (Å²) in [5, 5.41) is 3.51. The predicted molar refractivity (Wildman–Crippen MR) is 89.4 cm³/mol. The molecular weight excluding hydrogens is 278 g/mol. The third kappa shape index (κ3) is 2.01. The lowest BCUT2D eigenvalue weighted by Gasteiger charge is -2.08. The Morgan fingerprint density at radius 1 is 0.952 bits per heavy atom. The number of rotatable bonds is 3. The topological polar surface area (TPSA) is 14.2 Å². The van der Waals surface area contributed by atoms with Gasteiger partial charge in [-0.2, -0.15) is 0 Å². The third-order valence-corrected chi connectivity index (χ3v) is 4.81. The van der Waals surface area contributed by atoms with E-state index in [1.165, 1.54) is 26.7 Å². The fraction of sp³-hybridized carbons (Fsp3) is 0.111. The number of aromatic nitrogens is 1. The summed E-state index contributed by atoms with van der Waals surface area (Å²) < 4.78 is 8.99. The molecule has 2 aromatic carbocycles. The number of fused-ring (bicyclic) bond motifs is 3. The maximum absolute atomic E-state index is 5.23. The van der Waals surface area contributed by atoms with Crippen molar-refractivity contribution in [2.75, 3.05) is 7.11 Å². The lowest BCUT2D eigenvalue weighted by Crippen LogP contribution is -1.98. The fourth-order valence-corrected chi connectivity index (χ4v) is 3.76. The van der Waals surface area contributed by atoms with Crippen molar-refractivity contribution in [3.63, 3.8) is 0 Å². The molecule has 4 rings (SSSR count). The first kappa shape index (κ1) is 12.5. The zero-order chi connectivity index (χ0) is 14.2. The number of ether oxygens (including phenoxy) is 1. The van der Waals surface area contributed by atoms with Crippen LogP contribution in [0.5, 0.6) is 5.75 Å². The SMILES string of the molecule is COc1ccc(Cn2c3ccccc3c3sccc32)cc1. The average molecular weight is 293 g/mol. The summed E-state index contributed by atoms with van der Waals surface area (Å²) >= 11 is 1.81. The molecule has 104 valence electrons. The minimum absolute atomic E-state index is 0.880. The quantitative estimate of drug-likeness (QED) is 0.523. The summed E-state index contributed by atoms with van der Waals surface area (Å²) in [6.07, 6.45) is 0. The van der Waals surface area contributed by atoms with Gasteiger partial charge in [-0.15, -0.1) is 11.3 Å². The van der Waals surface area contributed by atoms with Gasteiger partial charge in [0, 0.05) is 11.9 Å². The van der Waals surface area contributed by atoms with E-state index in [-0.39, 0.29) is 0 Å². The van der Waals surface area contributed by atoms with E-state index in [1.54, 1.807) is 7.11 Å². The number of para-hydroxylation sites is 1. The first-order chi connectivity index (χ1) is 10.4. The number of thiophene rings is 1. The average Bonchev–Trinajstić information content (AvgIpc) is 3.11. The molecule has 2 heterocycles. The molecule has 0 bridgehead atoms. The summed E-state index contributed by atoms with van der Waals surface area (Å²) in [6.45, 7) is 0.880. The van der Waals surface area contributed by atoms with Gasteiger partial charge >= 0.3 is 0 Å². The minimum atomic E-state index is 0.880. The van der Waals surface area contributed by atoms with Gasteiger partial charge in [-0.3, -0.25) is 0 Å². The van der Waals surface area contributed by atoms with E-state index in [1.807, 2.05) is 23.5 Å². The molecule has 0 radical (unpaired) electrons. The molecule has 4 aromatic rings. The van der Waals surface area contributed by atoms with E-state index in [0.717, 1.165) is 12.3 Å². The van der Waals surface area contributed by atoms with E-state index in [2.05, 4.69) is 52.4 Å². The zero-order valence-electron chi connectivity index (χ0n) is 11.7. The molecular formula is C18H15NOS. The third-order valence-electron chi connectivity index (χ3n) is 3.87. The van der Waals surface area contributed by atoms with Crippen molar-refractivity contribution < 1.29 is 4.74 Å². The maximum atomic E-state index is 5.23. The summed E-state index contributed by atoms with van der Waals surface area (Å²) in [5.74, 6) is 0.900. The lowest BCUT2D eigenvalue weighted by molar-refractivity contribution is 0.414. The van der Waals surface area contributed by atoms with E-state index >= 15 is 0 Å². The number of benzene rings is 2. The molecule has 2 aromatic heterocycles. The highest BCUT2D eigenvalue weighted by Crippen LogP contribution is 2.33. The summed E-state index contributed by atoms with van der Waals surface area (Å²) in [7, 11) is 1.70. The predicted octanol–water partition coefficient (Wildman–Crippen LogP) is 4.91. The number of hydrogen-bond acceptors (Lipinski definition) is 2. The normalized spacial score (nSPS) is 11.3. The van der Waals surface area contributed by atoms with Gasteiger partial charge in [0.15, 0.2) is 0 Å². The van der Waals surface area contributed by atoms with Crippen LogP contribution in [-0.2, 0) is 6.54 Å². The van der Waals surface area contributed by atoms with Crippen molar-refractivity contribution >= 4 is 32.5 Å². The van der Waals surface area contributed by atoms with E-state index in [0.29, 0.717) is 0 Å². The van der Waals surface area contributed by atoms with E-state index in [9.17, 15) is 0 Å². The second-order valence-electron chi connectivity index (χ2n) is 5.09. The Balaban J connectivity index is 1.85. The van der Waals surface area contributed by atoms with Crippen LogP contribution in [0.15, 0.2) is 60.0 Å². The first-order valence-corrected chi connectivity index (χ1v) is 7.82. The highest BCUT2D eigenvalue weighted by atomic mass is 32.1. The van der Waals surface area contributed by atoms with Gasteiger partial charge in [0.1, 0.15) is 5.75 Å². The van der Waals surface area contributed by atoms with Crippen LogP contribution < -0.4 is 4.74 Å². The summed E-state index contributed by atoms with van der Waals surface area (Å²) in [6, 6.07) is 19.1. The molecule has 0 N–H and O–H groups in total. The van der Waals surface area contributed by atoms with Crippen LogP contribution >= 0.6 is 11.3 Å². The lowest BCUT2D eigenvalue weighted by atomic mass is 10.2. The molecule has 0 unspecified atom stereocenters. The van der Waals surface area contributed by atoms with Gasteiger partial charge in [-0.1, -0.05) is 30.3 Å². The van der Waals surface area contributed by atoms with Gasteiger partial charge in [-0.25, -0.2) is 0 Å². The smallest absolute Gasteiger partial charge is 0.118 e. The van der Waals surface area contributed by atoms with E-state index in [4.69, 9.17) is 4.74 Å². The van der Waals surface area contributed by atoms with Crippen LogP contribution in [0, 0.1) is 0 Å². The summed E-state index contributed by atoms with van der Waals surface area (Å²) in [4.78, 5) is 0. The number of nitrogens with zero attached hydrogens (tertiary/aromatic N) is 1. The van der Waals surface area contributed by atoms with Crippen molar-refractivity contribution in [3.8, 4) is 5.75 Å². The molecule has 0 fully saturated rings. The Morgan fingerprint density at radius 2 is 1.76 bits per heavy atom. The van der Waals surface area contributed by atoms with Crippen LogP contribution in [0.1, 0.15) is 5.56 Å². The molecule has 0 amide bonds. The van der Waals surface area contributed by atoms with Gasteiger partial charge < -0.3 is 9.30 Å². The standard InChI is InChI=1S/C18H15NOS/c1-20-14-8-6-13(7-9-14)12-19-16-5-3-2-4-15(16)18-17(19)10-11-21-18/h2-11H,12H2,1H3. The second-order valence-corrected chi connectivity index (χ2v) is 6.00. The molecule has 0 saturated carbocycles. The molecule has 3 heteroatoms. The highest BCUT2D eigenvalue weighted by Gasteiger charge is 2.11. The molecule has 0 aliphatic carbocycles. The van der Waals surface area contributed by atoms with Gasteiger partial charge in [0.25, 0.3) is 0 Å². The van der Waals surface area contributed by atoms with Crippen LogP contribution in [0.2, 0.25) is 0 Å². The highest BCUT2D eigenvalue weighted by molar-refractivity contribution is 7.18. The Morgan fingerprint density at radius 3 is 2.57 bits per heavy atom. The molecule has 21 heavy (non-hydrogen) atoms. The Bertz CT molecular complexity index is 902. The van der Waals surface area contributed by atoms with Crippen molar-refractivity contribution in [2.24, 2.45) is 0 Å². The molecule has 0 aliphatic heterocycles. The molecule has 0 spiro atoms. The zero-order valence-corrected chi connectivity index (χ0v) is 12.6. The fourth-order valence-electron chi connectivity index (χ4n) is 2.83.